The third-order valence-corrected chi connectivity index (χ3v) is 4.69. The summed E-state index contributed by atoms with van der Waals surface area (Å²) in [5, 5.41) is 25.3. The van der Waals surface area contributed by atoms with Gasteiger partial charge in [0.15, 0.2) is 5.96 Å². The fourth-order valence-electron chi connectivity index (χ4n) is 3.16. The number of rotatable bonds is 9. The van der Waals surface area contributed by atoms with Crippen LogP contribution in [0.2, 0.25) is 0 Å². The number of nitrogens with zero attached hydrogens (tertiary/aromatic N) is 4. The van der Waals surface area contributed by atoms with Crippen LogP contribution in [-0.4, -0.2) is 46.3 Å². The van der Waals surface area contributed by atoms with Crippen molar-refractivity contribution in [2.75, 3.05) is 25.0 Å². The Morgan fingerprint density at radius 1 is 1.33 bits per heavy atom. The molecule has 0 aliphatic rings. The quantitative estimate of drug-likeness (QED) is 0.115. The van der Waals surface area contributed by atoms with Crippen molar-refractivity contribution >= 4 is 41.3 Å². The van der Waals surface area contributed by atoms with Gasteiger partial charge in [0.1, 0.15) is 5.69 Å². The van der Waals surface area contributed by atoms with Crippen LogP contribution in [0.25, 0.3) is 0 Å². The molecule has 0 saturated heterocycles. The van der Waals surface area contributed by atoms with Crippen LogP contribution in [0.5, 0.6) is 0 Å². The molecule has 30 heavy (non-hydrogen) atoms. The van der Waals surface area contributed by atoms with Gasteiger partial charge in [-0.1, -0.05) is 12.1 Å². The van der Waals surface area contributed by atoms with Crippen molar-refractivity contribution in [3.63, 3.8) is 0 Å². The van der Waals surface area contributed by atoms with Gasteiger partial charge in [-0.3, -0.25) is 19.8 Å². The van der Waals surface area contributed by atoms with E-state index >= 15 is 0 Å². The molecular weight excluding hydrogens is 497 g/mol. The number of guanidine groups is 1. The molecule has 0 fully saturated rings. The molecule has 2 aromatic rings. The van der Waals surface area contributed by atoms with Gasteiger partial charge in [-0.15, -0.1) is 24.0 Å². The van der Waals surface area contributed by atoms with Crippen LogP contribution in [0.15, 0.2) is 29.3 Å². The van der Waals surface area contributed by atoms with E-state index in [0.717, 1.165) is 24.6 Å². The maximum atomic E-state index is 11.1. The van der Waals surface area contributed by atoms with E-state index in [1.807, 2.05) is 25.6 Å². The molecule has 1 atom stereocenters. The number of hydrogen-bond donors (Lipinski definition) is 3. The average molecular weight is 529 g/mol. The predicted octanol–water partition coefficient (Wildman–Crippen LogP) is 3.16. The summed E-state index contributed by atoms with van der Waals surface area (Å²) in [7, 11) is 1.96. The van der Waals surface area contributed by atoms with Gasteiger partial charge in [0.2, 0.25) is 0 Å². The molecular formula is C20H32IN7O2. The number of nitro groups is 1. The molecule has 1 aromatic carbocycles. The van der Waals surface area contributed by atoms with E-state index in [4.69, 9.17) is 0 Å². The maximum absolute atomic E-state index is 11.1. The summed E-state index contributed by atoms with van der Waals surface area (Å²) in [6.45, 7) is 9.97. The number of anilines is 1. The van der Waals surface area contributed by atoms with Crippen molar-refractivity contribution < 1.29 is 4.92 Å². The third-order valence-electron chi connectivity index (χ3n) is 4.69. The molecule has 0 spiro atoms. The molecule has 0 saturated carbocycles. The van der Waals surface area contributed by atoms with Gasteiger partial charge >= 0.3 is 0 Å². The van der Waals surface area contributed by atoms with Crippen LogP contribution >= 0.6 is 24.0 Å². The summed E-state index contributed by atoms with van der Waals surface area (Å²) in [5.74, 6) is 0.726. The van der Waals surface area contributed by atoms with Gasteiger partial charge in [0.05, 0.1) is 17.2 Å². The predicted molar refractivity (Wildman–Crippen MR) is 132 cm³/mol. The first kappa shape index (κ1) is 25.7. The second kappa shape index (κ2) is 12.4. The number of nitrogens with one attached hydrogen (secondary N) is 3. The number of para-hydroxylation sites is 2. The van der Waals surface area contributed by atoms with Crippen molar-refractivity contribution in [2.24, 2.45) is 12.0 Å². The molecule has 0 aliphatic heterocycles. The first-order chi connectivity index (χ1) is 13.8. The van der Waals surface area contributed by atoms with Gasteiger partial charge in [-0.25, -0.2) is 0 Å². The highest BCUT2D eigenvalue weighted by Gasteiger charge is 2.14. The van der Waals surface area contributed by atoms with Crippen molar-refractivity contribution in [2.45, 2.75) is 40.2 Å². The zero-order valence-electron chi connectivity index (χ0n) is 18.2. The van der Waals surface area contributed by atoms with Crippen LogP contribution in [0, 0.1) is 24.0 Å². The monoisotopic (exact) mass is 529 g/mol. The standard InChI is InChI=1S/C20H31N7O2.HI/c1-6-21-20(24-14(2)13-17-15(3)25-26(5)16(17)4)23-12-11-22-18-9-7-8-10-19(18)27(28)29;/h7-10,14,22H,6,11-13H2,1-5H3,(H2,21,23,24);1H. The SMILES string of the molecule is CCNC(=NCCNc1ccccc1[N+](=O)[O-])NC(C)Cc1c(C)nn(C)c1C.I. The first-order valence-electron chi connectivity index (χ1n) is 9.84. The molecule has 166 valence electrons. The van der Waals surface area contributed by atoms with E-state index in [2.05, 4.69) is 39.9 Å². The molecule has 1 heterocycles. The molecule has 0 aliphatic carbocycles. The molecule has 1 aromatic heterocycles. The number of nitro benzene ring substituents is 1. The molecule has 2 rings (SSSR count). The molecule has 0 bridgehead atoms. The number of hydrogen-bond acceptors (Lipinski definition) is 5. The molecule has 1 unspecified atom stereocenters. The summed E-state index contributed by atoms with van der Waals surface area (Å²) in [6.07, 6.45) is 0.852. The van der Waals surface area contributed by atoms with Crippen molar-refractivity contribution in [3.8, 4) is 0 Å². The van der Waals surface area contributed by atoms with E-state index in [9.17, 15) is 10.1 Å². The lowest BCUT2D eigenvalue weighted by Gasteiger charge is -2.18. The van der Waals surface area contributed by atoms with Crippen LogP contribution in [0.3, 0.4) is 0 Å². The van der Waals surface area contributed by atoms with Crippen molar-refractivity contribution in [1.29, 1.82) is 0 Å². The minimum absolute atomic E-state index is 0. The van der Waals surface area contributed by atoms with Crippen molar-refractivity contribution in [3.05, 3.63) is 51.3 Å². The smallest absolute Gasteiger partial charge is 0.292 e. The zero-order chi connectivity index (χ0) is 21.4. The first-order valence-corrected chi connectivity index (χ1v) is 9.84. The van der Waals surface area contributed by atoms with E-state index in [0.29, 0.717) is 18.8 Å². The lowest BCUT2D eigenvalue weighted by atomic mass is 10.1. The van der Waals surface area contributed by atoms with E-state index < -0.39 is 0 Å². The highest BCUT2D eigenvalue weighted by Crippen LogP contribution is 2.22. The van der Waals surface area contributed by atoms with Gasteiger partial charge < -0.3 is 16.0 Å². The Kier molecular flexibility index (Phi) is 10.6. The second-order valence-electron chi connectivity index (χ2n) is 6.98. The highest BCUT2D eigenvalue weighted by atomic mass is 127. The van der Waals surface area contributed by atoms with Crippen LogP contribution in [0.1, 0.15) is 30.8 Å². The summed E-state index contributed by atoms with van der Waals surface area (Å²) in [4.78, 5) is 15.3. The second-order valence-corrected chi connectivity index (χ2v) is 6.98. The number of aryl methyl sites for hydroxylation is 2. The largest absolute Gasteiger partial charge is 0.378 e. The Balaban J connectivity index is 0.00000450. The highest BCUT2D eigenvalue weighted by molar-refractivity contribution is 14.0. The number of halogens is 1. The minimum Gasteiger partial charge on any atom is -0.378 e. The summed E-state index contributed by atoms with van der Waals surface area (Å²) >= 11 is 0. The summed E-state index contributed by atoms with van der Waals surface area (Å²) in [5.41, 5.74) is 4.04. The maximum Gasteiger partial charge on any atom is 0.292 e. The zero-order valence-corrected chi connectivity index (χ0v) is 20.6. The Morgan fingerprint density at radius 3 is 2.63 bits per heavy atom. The van der Waals surface area contributed by atoms with Crippen molar-refractivity contribution in [1.82, 2.24) is 20.4 Å². The summed E-state index contributed by atoms with van der Waals surface area (Å²) < 4.78 is 1.91. The van der Waals surface area contributed by atoms with Crippen LogP contribution in [-0.2, 0) is 13.5 Å². The third kappa shape index (κ3) is 7.15. The normalized spacial score (nSPS) is 12.1. The molecule has 0 radical (unpaired) electrons. The van der Waals surface area contributed by atoms with E-state index in [1.165, 1.54) is 17.3 Å². The lowest BCUT2D eigenvalue weighted by molar-refractivity contribution is -0.384. The molecule has 0 amide bonds. The lowest BCUT2D eigenvalue weighted by Crippen LogP contribution is -2.43. The number of aliphatic imine (C=N–C) groups is 1. The number of aromatic nitrogens is 2. The topological polar surface area (TPSA) is 109 Å². The van der Waals surface area contributed by atoms with Gasteiger partial charge in [0, 0.05) is 37.9 Å². The number of benzene rings is 1. The van der Waals surface area contributed by atoms with Gasteiger partial charge in [0.25, 0.3) is 5.69 Å². The Morgan fingerprint density at radius 2 is 2.03 bits per heavy atom. The van der Waals surface area contributed by atoms with E-state index in [-0.39, 0.29) is 40.6 Å². The van der Waals surface area contributed by atoms with E-state index in [1.54, 1.807) is 18.2 Å². The fraction of sp³-hybridized carbons (Fsp3) is 0.500. The minimum atomic E-state index is -0.388. The fourth-order valence-corrected chi connectivity index (χ4v) is 3.16. The Hall–Kier alpha value is -2.37. The van der Waals surface area contributed by atoms with Gasteiger partial charge in [-0.2, -0.15) is 5.10 Å². The molecule has 9 nitrogen and oxygen atoms in total. The Labute approximate surface area is 194 Å². The van der Waals surface area contributed by atoms with Gasteiger partial charge in [-0.05, 0) is 45.7 Å². The Bertz CT molecular complexity index is 867. The summed E-state index contributed by atoms with van der Waals surface area (Å²) in [6, 6.07) is 6.79. The molecule has 3 N–H and O–H groups in total. The average Bonchev–Trinajstić information content (AvgIpc) is 2.91. The molecule has 10 heteroatoms. The van der Waals surface area contributed by atoms with Crippen LogP contribution in [0.4, 0.5) is 11.4 Å². The van der Waals surface area contributed by atoms with Crippen LogP contribution < -0.4 is 16.0 Å².